The molecular weight excluding hydrogens is 235 g/mol. The van der Waals surface area contributed by atoms with Gasteiger partial charge in [-0.05, 0) is 0 Å². The van der Waals surface area contributed by atoms with Gasteiger partial charge in [0.05, 0.1) is 0 Å². The van der Waals surface area contributed by atoms with Crippen molar-refractivity contribution in [3.63, 3.8) is 0 Å². The van der Waals surface area contributed by atoms with E-state index in [1.54, 1.807) is 0 Å². The van der Waals surface area contributed by atoms with Crippen LogP contribution in [0.1, 0.15) is 1.43 Å². The first-order valence-electron chi connectivity index (χ1n) is 3.66. The molecule has 0 amide bonds. The van der Waals surface area contributed by atoms with Gasteiger partial charge in [0.1, 0.15) is 12.1 Å². The maximum Gasteiger partial charge on any atom is 1.00 e. The molecule has 0 aliphatic carbocycles. The minimum Gasteiger partial charge on any atom is -1.00 e. The molecule has 0 bridgehead atoms. The summed E-state index contributed by atoms with van der Waals surface area (Å²) in [4.78, 5) is 20.5. The van der Waals surface area contributed by atoms with Crippen molar-refractivity contribution in [1.82, 2.24) is 0 Å². The van der Waals surface area contributed by atoms with E-state index in [-0.39, 0.29) is 31.8 Å². The molecule has 0 spiro atoms. The molecule has 0 aromatic heterocycles. The number of carbonyl (C=O) groups is 2. The van der Waals surface area contributed by atoms with Gasteiger partial charge in [-0.2, -0.15) is 0 Å². The number of hydrogen-bond acceptors (Lipinski definition) is 6. The number of rotatable bonds is 7. The largest absolute Gasteiger partial charge is 1.00 e. The Labute approximate surface area is 109 Å². The second kappa shape index (κ2) is 9.39. The van der Waals surface area contributed by atoms with Crippen molar-refractivity contribution in [2.45, 2.75) is 12.1 Å². The number of nitrogens with two attached hydrogens (primary N) is 2. The third-order valence-electron chi connectivity index (χ3n) is 1.21. The zero-order valence-electron chi connectivity index (χ0n) is 9.25. The topological polar surface area (TPSA) is 127 Å². The van der Waals surface area contributed by atoms with Crippen LogP contribution in [0.25, 0.3) is 0 Å². The average Bonchev–Trinajstić information content (AvgIpc) is 2.11. The summed E-state index contributed by atoms with van der Waals surface area (Å²) in [7, 11) is 2.41. The zero-order chi connectivity index (χ0) is 11.1. The van der Waals surface area contributed by atoms with Crippen LogP contribution in [-0.4, -0.2) is 45.7 Å². The zero-order valence-corrected chi connectivity index (χ0v) is 9.88. The Bertz CT molecular complexity index is 203. The number of carboxylic acid groups (broad SMARTS) is 2. The fourth-order valence-corrected chi connectivity index (χ4v) is 2.61. The van der Waals surface area contributed by atoms with E-state index in [0.29, 0.717) is 0 Å². The van der Waals surface area contributed by atoms with E-state index in [2.05, 4.69) is 0 Å². The van der Waals surface area contributed by atoms with Crippen molar-refractivity contribution in [3.05, 3.63) is 0 Å². The van der Waals surface area contributed by atoms with Crippen molar-refractivity contribution in [2.75, 3.05) is 11.5 Å². The molecule has 2 atom stereocenters. The molecule has 0 radical (unpaired) electrons. The minimum atomic E-state index is -1.07. The Morgan fingerprint density at radius 2 is 1.33 bits per heavy atom. The molecule has 0 saturated heterocycles. The van der Waals surface area contributed by atoms with Crippen LogP contribution in [0.2, 0.25) is 0 Å². The predicted molar refractivity (Wildman–Crippen MR) is 57.3 cm³/mol. The van der Waals surface area contributed by atoms with Gasteiger partial charge in [0.25, 0.3) is 0 Å². The van der Waals surface area contributed by atoms with E-state index in [1.807, 2.05) is 0 Å². The van der Waals surface area contributed by atoms with Gasteiger partial charge < -0.3 is 23.1 Å². The van der Waals surface area contributed by atoms with Crippen LogP contribution in [0.15, 0.2) is 0 Å². The van der Waals surface area contributed by atoms with Gasteiger partial charge in [0.15, 0.2) is 0 Å². The van der Waals surface area contributed by atoms with Crippen molar-refractivity contribution < 1.29 is 40.1 Å². The Kier molecular flexibility index (Phi) is 11.0. The first-order valence-corrected chi connectivity index (χ1v) is 6.15. The molecule has 15 heavy (non-hydrogen) atoms. The van der Waals surface area contributed by atoms with Gasteiger partial charge in [-0.1, -0.05) is 21.6 Å². The van der Waals surface area contributed by atoms with E-state index in [9.17, 15) is 9.59 Å². The van der Waals surface area contributed by atoms with Crippen molar-refractivity contribution in [1.29, 1.82) is 0 Å². The SMILES string of the molecule is N[C@@H](CSSC[C@H](N)C(=O)O)C(=O)O.[H-].[Li+]. The molecule has 0 rings (SSSR count). The molecule has 0 fully saturated rings. The van der Waals surface area contributed by atoms with Crippen LogP contribution < -0.4 is 30.3 Å². The Morgan fingerprint density at radius 1 is 1.07 bits per heavy atom. The molecule has 6 N–H and O–H groups in total. The summed E-state index contributed by atoms with van der Waals surface area (Å²) < 4.78 is 0. The van der Waals surface area contributed by atoms with Gasteiger partial charge in [0, 0.05) is 11.5 Å². The van der Waals surface area contributed by atoms with Crippen LogP contribution >= 0.6 is 21.6 Å². The fourth-order valence-electron chi connectivity index (χ4n) is 0.385. The maximum atomic E-state index is 10.3. The first-order chi connectivity index (χ1) is 6.45. The fraction of sp³-hybridized carbons (Fsp3) is 0.667. The molecule has 84 valence electrons. The van der Waals surface area contributed by atoms with E-state index < -0.39 is 24.0 Å². The van der Waals surface area contributed by atoms with Crippen LogP contribution in [-0.2, 0) is 9.59 Å². The average molecular weight is 248 g/mol. The summed E-state index contributed by atoms with van der Waals surface area (Å²) in [6.07, 6.45) is 0. The summed E-state index contributed by atoms with van der Waals surface area (Å²) in [6.45, 7) is 0. The number of carboxylic acids is 2. The summed E-state index contributed by atoms with van der Waals surface area (Å²) in [5.41, 5.74) is 10.4. The minimum absolute atomic E-state index is 0. The summed E-state index contributed by atoms with van der Waals surface area (Å²) in [6, 6.07) is -1.85. The van der Waals surface area contributed by atoms with Crippen molar-refractivity contribution in [2.24, 2.45) is 11.5 Å². The van der Waals surface area contributed by atoms with E-state index in [4.69, 9.17) is 21.7 Å². The Morgan fingerprint density at radius 3 is 1.53 bits per heavy atom. The standard InChI is InChI=1S/C6H12N2O4S2.Li.H/c7-3(5(9)10)1-13-14-2-4(8)6(11)12;;/h3-4H,1-2,7-8H2,(H,9,10)(H,11,12);;/q;+1;-1/t3-,4-;;/m0../s1. The molecule has 0 aliphatic heterocycles. The van der Waals surface area contributed by atoms with Crippen molar-refractivity contribution in [3.8, 4) is 0 Å². The van der Waals surface area contributed by atoms with Crippen molar-refractivity contribution >= 4 is 33.5 Å². The van der Waals surface area contributed by atoms with Gasteiger partial charge in [-0.15, -0.1) is 0 Å². The van der Waals surface area contributed by atoms with Crippen LogP contribution in [0.4, 0.5) is 0 Å². The Balaban J connectivity index is -0.000000845. The molecule has 6 nitrogen and oxygen atoms in total. The predicted octanol–water partition coefficient (Wildman–Crippen LogP) is -3.69. The first kappa shape index (κ1) is 17.5. The quantitative estimate of drug-likeness (QED) is 0.206. The van der Waals surface area contributed by atoms with Gasteiger partial charge in [-0.25, -0.2) is 0 Å². The van der Waals surface area contributed by atoms with E-state index >= 15 is 0 Å². The van der Waals surface area contributed by atoms with Crippen LogP contribution in [0.5, 0.6) is 0 Å². The molecule has 0 aliphatic rings. The normalized spacial score (nSPS) is 13.7. The second-order valence-corrected chi connectivity index (χ2v) is 5.01. The van der Waals surface area contributed by atoms with Gasteiger partial charge in [0.2, 0.25) is 0 Å². The third kappa shape index (κ3) is 9.11. The van der Waals surface area contributed by atoms with Gasteiger partial charge in [-0.3, -0.25) is 9.59 Å². The summed E-state index contributed by atoms with van der Waals surface area (Å²) in [5.74, 6) is -1.68. The molecule has 0 unspecified atom stereocenters. The molecule has 0 saturated carbocycles. The monoisotopic (exact) mass is 248 g/mol. The number of aliphatic carboxylic acids is 2. The molecule has 0 heterocycles. The number of hydrogen-bond donors (Lipinski definition) is 4. The maximum absolute atomic E-state index is 10.3. The molecule has 9 heteroatoms. The summed E-state index contributed by atoms with van der Waals surface area (Å²) in [5, 5.41) is 16.8. The summed E-state index contributed by atoms with van der Waals surface area (Å²) >= 11 is 0. The third-order valence-corrected chi connectivity index (χ3v) is 3.69. The molecule has 0 aromatic rings. The second-order valence-electron chi connectivity index (χ2n) is 2.46. The smallest absolute Gasteiger partial charge is 1.00 e. The molecule has 0 aromatic carbocycles. The van der Waals surface area contributed by atoms with Crippen LogP contribution in [0, 0.1) is 0 Å². The van der Waals surface area contributed by atoms with Gasteiger partial charge >= 0.3 is 30.8 Å². The van der Waals surface area contributed by atoms with E-state index in [0.717, 1.165) is 0 Å². The molecular formula is C6H13LiN2O4S2. The van der Waals surface area contributed by atoms with Crippen LogP contribution in [0.3, 0.4) is 0 Å². The van der Waals surface area contributed by atoms with E-state index in [1.165, 1.54) is 21.6 Å². The Hall–Kier alpha value is 0.157.